The number of carbonyl (C=O) groups is 1. The standard InChI is InChI=1S/C20H26F2N4O5/c1-20(2,3)31-19(27)25-4-5-26-13(10-25)9-24-18(26)23-8-12-6-15-16(29-11-28-15)7-14(12)30-17(21)22/h6-7,13,17H,4-5,8-11H2,1-3H3,(H,23,24). The number of rotatable bonds is 4. The lowest BCUT2D eigenvalue weighted by Crippen LogP contribution is -2.57. The minimum atomic E-state index is -2.95. The summed E-state index contributed by atoms with van der Waals surface area (Å²) in [6.45, 7) is 4.96. The molecule has 1 aromatic rings. The van der Waals surface area contributed by atoms with Gasteiger partial charge in [0.1, 0.15) is 11.4 Å². The summed E-state index contributed by atoms with van der Waals surface area (Å²) in [5, 5.41) is 3.20. The van der Waals surface area contributed by atoms with Crippen LogP contribution in [0.1, 0.15) is 26.3 Å². The monoisotopic (exact) mass is 440 g/mol. The van der Waals surface area contributed by atoms with E-state index in [4.69, 9.17) is 14.2 Å². The Morgan fingerprint density at radius 1 is 1.29 bits per heavy atom. The van der Waals surface area contributed by atoms with Crippen LogP contribution >= 0.6 is 0 Å². The third kappa shape index (κ3) is 4.86. The van der Waals surface area contributed by atoms with E-state index < -0.39 is 12.2 Å². The summed E-state index contributed by atoms with van der Waals surface area (Å²) >= 11 is 0. The van der Waals surface area contributed by atoms with Gasteiger partial charge in [-0.05, 0) is 26.8 Å². The predicted octanol–water partition coefficient (Wildman–Crippen LogP) is 2.40. The molecule has 1 unspecified atom stereocenters. The normalized spacial score (nSPS) is 19.9. The van der Waals surface area contributed by atoms with Crippen molar-refractivity contribution in [3.8, 4) is 17.2 Å². The lowest BCUT2D eigenvalue weighted by molar-refractivity contribution is -0.0505. The lowest BCUT2D eigenvalue weighted by atomic mass is 10.1. The van der Waals surface area contributed by atoms with Gasteiger partial charge >= 0.3 is 12.7 Å². The molecular formula is C20H26F2N4O5. The van der Waals surface area contributed by atoms with Gasteiger partial charge < -0.3 is 34.1 Å². The van der Waals surface area contributed by atoms with Crippen LogP contribution in [0.2, 0.25) is 0 Å². The highest BCUT2D eigenvalue weighted by molar-refractivity contribution is 5.82. The van der Waals surface area contributed by atoms with Gasteiger partial charge in [0.15, 0.2) is 17.5 Å². The Morgan fingerprint density at radius 2 is 2.03 bits per heavy atom. The van der Waals surface area contributed by atoms with E-state index in [1.807, 2.05) is 20.8 Å². The Morgan fingerprint density at radius 3 is 2.74 bits per heavy atom. The molecule has 0 spiro atoms. The van der Waals surface area contributed by atoms with E-state index in [9.17, 15) is 13.6 Å². The van der Waals surface area contributed by atoms with Crippen molar-refractivity contribution in [2.24, 2.45) is 4.99 Å². The van der Waals surface area contributed by atoms with Crippen LogP contribution in [-0.2, 0) is 11.3 Å². The Labute approximate surface area is 178 Å². The molecule has 1 aromatic carbocycles. The molecule has 9 nitrogen and oxygen atoms in total. The summed E-state index contributed by atoms with van der Waals surface area (Å²) in [5.41, 5.74) is -0.0430. The number of hydrogen-bond acceptors (Lipinski definition) is 8. The van der Waals surface area contributed by atoms with Crippen molar-refractivity contribution < 1.29 is 32.5 Å². The molecule has 1 saturated heterocycles. The van der Waals surface area contributed by atoms with Crippen molar-refractivity contribution >= 4 is 12.1 Å². The number of nitrogens with zero attached hydrogens (tertiary/aromatic N) is 3. The number of amides is 1. The van der Waals surface area contributed by atoms with Crippen LogP contribution in [0.5, 0.6) is 17.2 Å². The minimum Gasteiger partial charge on any atom is -0.454 e. The SMILES string of the molecule is CC(C)(C)OC(=O)N1CCN2C(NCc3cc4c(cc3OC(F)F)OCO4)=NCC2C1. The van der Waals surface area contributed by atoms with Gasteiger partial charge in [-0.25, -0.2) is 4.79 Å². The van der Waals surface area contributed by atoms with Crippen LogP contribution in [0.25, 0.3) is 0 Å². The summed E-state index contributed by atoms with van der Waals surface area (Å²) in [7, 11) is 0. The number of carbonyl (C=O) groups excluding carboxylic acids is 1. The smallest absolute Gasteiger partial charge is 0.410 e. The number of halogens is 2. The quantitative estimate of drug-likeness (QED) is 0.770. The number of fused-ring (bicyclic) bond motifs is 2. The Balaban J connectivity index is 1.37. The van der Waals surface area contributed by atoms with Gasteiger partial charge in [-0.3, -0.25) is 4.99 Å². The maximum absolute atomic E-state index is 12.8. The second-order valence-electron chi connectivity index (χ2n) is 8.48. The summed E-state index contributed by atoms with van der Waals surface area (Å²) in [5.74, 6) is 1.54. The van der Waals surface area contributed by atoms with Crippen molar-refractivity contribution in [1.29, 1.82) is 0 Å². The molecule has 1 N–H and O–H groups in total. The fourth-order valence-corrected chi connectivity index (χ4v) is 3.71. The van der Waals surface area contributed by atoms with Crippen LogP contribution in [-0.4, -0.2) is 73.1 Å². The topological polar surface area (TPSA) is 84.9 Å². The highest BCUT2D eigenvalue weighted by Gasteiger charge is 2.36. The molecular weight excluding hydrogens is 414 g/mol. The average Bonchev–Trinajstić information content (AvgIpc) is 3.30. The number of alkyl halides is 2. The van der Waals surface area contributed by atoms with Crippen molar-refractivity contribution in [1.82, 2.24) is 15.1 Å². The summed E-state index contributed by atoms with van der Waals surface area (Å²) in [6, 6.07) is 3.07. The highest BCUT2D eigenvalue weighted by Crippen LogP contribution is 2.38. The summed E-state index contributed by atoms with van der Waals surface area (Å²) in [6.07, 6.45) is -0.331. The predicted molar refractivity (Wildman–Crippen MR) is 107 cm³/mol. The second kappa shape index (κ2) is 8.27. The fourth-order valence-electron chi connectivity index (χ4n) is 3.71. The number of aliphatic imine (C=N–C) groups is 1. The van der Waals surface area contributed by atoms with Crippen LogP contribution < -0.4 is 19.5 Å². The van der Waals surface area contributed by atoms with E-state index in [0.717, 1.165) is 0 Å². The molecule has 3 heterocycles. The van der Waals surface area contributed by atoms with Gasteiger partial charge in [-0.1, -0.05) is 0 Å². The second-order valence-corrected chi connectivity index (χ2v) is 8.48. The van der Waals surface area contributed by atoms with E-state index in [1.165, 1.54) is 6.07 Å². The first-order valence-electron chi connectivity index (χ1n) is 10.1. The summed E-state index contributed by atoms with van der Waals surface area (Å²) < 4.78 is 46.4. The van der Waals surface area contributed by atoms with E-state index in [1.54, 1.807) is 11.0 Å². The lowest BCUT2D eigenvalue weighted by Gasteiger charge is -2.39. The zero-order valence-corrected chi connectivity index (χ0v) is 17.7. The van der Waals surface area contributed by atoms with Crippen molar-refractivity contribution in [2.45, 2.75) is 45.6 Å². The molecule has 1 fully saturated rings. The van der Waals surface area contributed by atoms with Crippen LogP contribution in [0.3, 0.4) is 0 Å². The Hall–Kier alpha value is -2.98. The number of piperazine rings is 1. The first-order chi connectivity index (χ1) is 14.7. The average molecular weight is 440 g/mol. The van der Waals surface area contributed by atoms with E-state index in [0.29, 0.717) is 49.2 Å². The molecule has 1 amide bonds. The van der Waals surface area contributed by atoms with Crippen molar-refractivity contribution in [2.75, 3.05) is 33.0 Å². The van der Waals surface area contributed by atoms with Gasteiger partial charge in [0.05, 0.1) is 12.6 Å². The van der Waals surface area contributed by atoms with E-state index >= 15 is 0 Å². The van der Waals surface area contributed by atoms with Gasteiger partial charge in [0.25, 0.3) is 0 Å². The van der Waals surface area contributed by atoms with Crippen LogP contribution in [0, 0.1) is 0 Å². The minimum absolute atomic E-state index is 0.0247. The maximum atomic E-state index is 12.8. The summed E-state index contributed by atoms with van der Waals surface area (Å²) in [4.78, 5) is 20.7. The molecule has 1 atom stereocenters. The molecule has 3 aliphatic rings. The van der Waals surface area contributed by atoms with E-state index in [-0.39, 0.29) is 31.2 Å². The van der Waals surface area contributed by atoms with Gasteiger partial charge in [-0.15, -0.1) is 0 Å². The first kappa shape index (κ1) is 21.3. The number of guanidine groups is 1. The van der Waals surface area contributed by atoms with Crippen LogP contribution in [0.4, 0.5) is 13.6 Å². The number of benzene rings is 1. The molecule has 31 heavy (non-hydrogen) atoms. The molecule has 3 aliphatic heterocycles. The number of nitrogens with one attached hydrogen (secondary N) is 1. The van der Waals surface area contributed by atoms with Crippen LogP contribution in [0.15, 0.2) is 17.1 Å². The largest absolute Gasteiger partial charge is 0.454 e. The third-order valence-corrected chi connectivity index (χ3v) is 5.07. The van der Waals surface area contributed by atoms with Gasteiger partial charge in [0.2, 0.25) is 6.79 Å². The van der Waals surface area contributed by atoms with Crippen molar-refractivity contribution in [3.05, 3.63) is 17.7 Å². The zero-order chi connectivity index (χ0) is 22.2. The number of hydrogen-bond donors (Lipinski definition) is 1. The molecule has 11 heteroatoms. The highest BCUT2D eigenvalue weighted by atomic mass is 19.3. The molecule has 0 aromatic heterocycles. The molecule has 0 radical (unpaired) electrons. The molecule has 0 bridgehead atoms. The molecule has 0 saturated carbocycles. The maximum Gasteiger partial charge on any atom is 0.410 e. The zero-order valence-electron chi connectivity index (χ0n) is 17.7. The molecule has 0 aliphatic carbocycles. The number of ether oxygens (including phenoxy) is 4. The Kier molecular flexibility index (Phi) is 5.67. The molecule has 170 valence electrons. The van der Waals surface area contributed by atoms with Gasteiger partial charge in [-0.2, -0.15) is 8.78 Å². The third-order valence-electron chi connectivity index (χ3n) is 5.07. The van der Waals surface area contributed by atoms with E-state index in [2.05, 4.69) is 19.9 Å². The Bertz CT molecular complexity index is 874. The fraction of sp³-hybridized carbons (Fsp3) is 0.600. The van der Waals surface area contributed by atoms with Gasteiger partial charge in [0, 0.05) is 37.8 Å². The van der Waals surface area contributed by atoms with Crippen molar-refractivity contribution in [3.63, 3.8) is 0 Å². The molecule has 4 rings (SSSR count). The first-order valence-corrected chi connectivity index (χ1v) is 10.1.